The van der Waals surface area contributed by atoms with Crippen molar-refractivity contribution in [1.29, 1.82) is 0 Å². The van der Waals surface area contributed by atoms with Gasteiger partial charge in [0, 0.05) is 18.4 Å². The molecule has 0 aliphatic carbocycles. The zero-order chi connectivity index (χ0) is 20.4. The highest BCUT2D eigenvalue weighted by molar-refractivity contribution is 7.18. The van der Waals surface area contributed by atoms with E-state index in [9.17, 15) is 9.59 Å². The summed E-state index contributed by atoms with van der Waals surface area (Å²) in [7, 11) is 1.79. The molecule has 0 unspecified atom stereocenters. The number of thiazole rings is 1. The van der Waals surface area contributed by atoms with Gasteiger partial charge in [-0.05, 0) is 45.9 Å². The molecule has 0 radical (unpaired) electrons. The van der Waals surface area contributed by atoms with Crippen LogP contribution >= 0.6 is 11.3 Å². The van der Waals surface area contributed by atoms with Crippen LogP contribution in [-0.4, -0.2) is 40.0 Å². The van der Waals surface area contributed by atoms with E-state index in [2.05, 4.69) is 4.98 Å². The number of carbonyl (C=O) groups is 2. The summed E-state index contributed by atoms with van der Waals surface area (Å²) in [5.74, 6) is -0.394. The van der Waals surface area contributed by atoms with Crippen LogP contribution in [0.4, 0.5) is 0 Å². The van der Waals surface area contributed by atoms with Crippen molar-refractivity contribution in [1.82, 2.24) is 14.5 Å². The predicted molar refractivity (Wildman–Crippen MR) is 111 cm³/mol. The van der Waals surface area contributed by atoms with Crippen molar-refractivity contribution in [3.05, 3.63) is 52.3 Å². The van der Waals surface area contributed by atoms with E-state index in [1.54, 1.807) is 36.3 Å². The topological polar surface area (TPSA) is 64.4 Å². The van der Waals surface area contributed by atoms with Crippen molar-refractivity contribution in [2.45, 2.75) is 40.3 Å². The quantitative estimate of drug-likeness (QED) is 0.585. The zero-order valence-electron chi connectivity index (χ0n) is 16.9. The third-order valence-electron chi connectivity index (χ3n) is 5.00. The molecule has 1 atom stereocenters. The Labute approximate surface area is 168 Å². The SMILES string of the molecule is CCOC(=O)c1cc(C)n(CC(=O)N(C)[C@H](C)c2nc3ccccc3s2)c1C. The number of esters is 1. The number of fused-ring (bicyclic) bond motifs is 1. The van der Waals surface area contributed by atoms with Crippen LogP contribution in [0.15, 0.2) is 30.3 Å². The Bertz CT molecular complexity index is 988. The van der Waals surface area contributed by atoms with Gasteiger partial charge in [-0.1, -0.05) is 12.1 Å². The summed E-state index contributed by atoms with van der Waals surface area (Å²) >= 11 is 1.60. The smallest absolute Gasteiger partial charge is 0.339 e. The molecule has 0 bridgehead atoms. The second-order valence-corrected chi connectivity index (χ2v) is 7.85. The average Bonchev–Trinajstić information content (AvgIpc) is 3.23. The molecule has 148 valence electrons. The number of para-hydroxylation sites is 1. The molecule has 0 saturated heterocycles. The van der Waals surface area contributed by atoms with Gasteiger partial charge in [0.25, 0.3) is 0 Å². The van der Waals surface area contributed by atoms with Crippen LogP contribution in [0.3, 0.4) is 0 Å². The molecule has 0 aliphatic rings. The number of rotatable bonds is 6. The van der Waals surface area contributed by atoms with E-state index in [0.717, 1.165) is 26.6 Å². The molecular weight excluding hydrogens is 374 g/mol. The molecule has 0 spiro atoms. The van der Waals surface area contributed by atoms with Gasteiger partial charge in [-0.3, -0.25) is 4.79 Å². The number of hydrogen-bond donors (Lipinski definition) is 0. The Balaban J connectivity index is 1.77. The van der Waals surface area contributed by atoms with Gasteiger partial charge in [0.15, 0.2) is 0 Å². The van der Waals surface area contributed by atoms with Crippen LogP contribution < -0.4 is 0 Å². The minimum Gasteiger partial charge on any atom is -0.462 e. The predicted octanol–water partition coefficient (Wildman–Crippen LogP) is 4.11. The van der Waals surface area contributed by atoms with Crippen molar-refractivity contribution in [2.24, 2.45) is 0 Å². The molecule has 1 aromatic carbocycles. The van der Waals surface area contributed by atoms with Crippen molar-refractivity contribution in [3.8, 4) is 0 Å². The second-order valence-electron chi connectivity index (χ2n) is 6.79. The van der Waals surface area contributed by atoms with Crippen LogP contribution in [0.5, 0.6) is 0 Å². The average molecular weight is 400 g/mol. The molecule has 3 aromatic rings. The minimum absolute atomic E-state index is 0.0380. The Morgan fingerprint density at radius 2 is 2.00 bits per heavy atom. The first-order valence-electron chi connectivity index (χ1n) is 9.28. The first-order chi connectivity index (χ1) is 13.3. The van der Waals surface area contributed by atoms with Crippen molar-refractivity contribution in [3.63, 3.8) is 0 Å². The van der Waals surface area contributed by atoms with Gasteiger partial charge >= 0.3 is 5.97 Å². The third kappa shape index (κ3) is 3.80. The highest BCUT2D eigenvalue weighted by Crippen LogP contribution is 2.29. The summed E-state index contributed by atoms with van der Waals surface area (Å²) in [5, 5.41) is 0.908. The number of hydrogen-bond acceptors (Lipinski definition) is 5. The number of benzene rings is 1. The van der Waals surface area contributed by atoms with E-state index >= 15 is 0 Å². The second kappa shape index (κ2) is 8.14. The van der Waals surface area contributed by atoms with Crippen molar-refractivity contribution >= 4 is 33.4 Å². The summed E-state index contributed by atoms with van der Waals surface area (Å²) in [6.07, 6.45) is 0. The minimum atomic E-state index is -0.356. The highest BCUT2D eigenvalue weighted by atomic mass is 32.1. The van der Waals surface area contributed by atoms with Gasteiger partial charge in [-0.2, -0.15) is 0 Å². The lowest BCUT2D eigenvalue weighted by Gasteiger charge is -2.24. The van der Waals surface area contributed by atoms with Gasteiger partial charge in [0.1, 0.15) is 11.6 Å². The maximum Gasteiger partial charge on any atom is 0.339 e. The summed E-state index contributed by atoms with van der Waals surface area (Å²) in [5.41, 5.74) is 3.06. The van der Waals surface area contributed by atoms with Crippen LogP contribution in [0.1, 0.15) is 46.6 Å². The molecule has 3 rings (SSSR count). The Hall–Kier alpha value is -2.67. The van der Waals surface area contributed by atoms with Crippen LogP contribution in [0.2, 0.25) is 0 Å². The number of carbonyl (C=O) groups excluding carboxylic acids is 2. The number of nitrogens with zero attached hydrogens (tertiary/aromatic N) is 3. The monoisotopic (exact) mass is 399 g/mol. The molecule has 7 heteroatoms. The first kappa shape index (κ1) is 20.1. The normalized spacial score (nSPS) is 12.2. The third-order valence-corrected chi connectivity index (χ3v) is 6.21. The van der Waals surface area contributed by atoms with E-state index in [1.165, 1.54) is 0 Å². The highest BCUT2D eigenvalue weighted by Gasteiger charge is 2.23. The Morgan fingerprint density at radius 1 is 1.29 bits per heavy atom. The molecule has 0 aliphatic heterocycles. The Kier molecular flexibility index (Phi) is 5.84. The van der Waals surface area contributed by atoms with Gasteiger partial charge in [-0.15, -0.1) is 11.3 Å². The lowest BCUT2D eigenvalue weighted by molar-refractivity contribution is -0.132. The van der Waals surface area contributed by atoms with Crippen LogP contribution in [0, 0.1) is 13.8 Å². The van der Waals surface area contributed by atoms with Crippen molar-refractivity contribution in [2.75, 3.05) is 13.7 Å². The standard InChI is InChI=1S/C21H25N3O3S/c1-6-27-21(26)16-11-13(2)24(14(16)3)12-19(25)23(5)15(4)20-22-17-9-7-8-10-18(17)28-20/h7-11,15H,6,12H2,1-5H3/t15-/m1/s1. The van der Waals surface area contributed by atoms with Gasteiger partial charge < -0.3 is 14.2 Å². The van der Waals surface area contributed by atoms with Gasteiger partial charge in [0.2, 0.25) is 5.91 Å². The number of aryl methyl sites for hydroxylation is 1. The number of ether oxygens (including phenoxy) is 1. The van der Waals surface area contributed by atoms with E-state index in [0.29, 0.717) is 12.2 Å². The molecule has 0 fully saturated rings. The summed E-state index contributed by atoms with van der Waals surface area (Å²) < 4.78 is 8.07. The zero-order valence-corrected chi connectivity index (χ0v) is 17.7. The molecule has 28 heavy (non-hydrogen) atoms. The molecule has 0 N–H and O–H groups in total. The maximum atomic E-state index is 12.9. The van der Waals surface area contributed by atoms with E-state index < -0.39 is 0 Å². The largest absolute Gasteiger partial charge is 0.462 e. The fourth-order valence-electron chi connectivity index (χ4n) is 3.16. The molecule has 1 amide bonds. The number of aromatic nitrogens is 2. The summed E-state index contributed by atoms with van der Waals surface area (Å²) in [6, 6.07) is 9.61. The number of amides is 1. The van der Waals surface area contributed by atoms with Gasteiger partial charge in [-0.25, -0.2) is 9.78 Å². The summed E-state index contributed by atoms with van der Waals surface area (Å²) in [4.78, 5) is 31.4. The maximum absolute atomic E-state index is 12.9. The lowest BCUT2D eigenvalue weighted by atomic mass is 10.2. The fraction of sp³-hybridized carbons (Fsp3) is 0.381. The van der Waals surface area contributed by atoms with Crippen LogP contribution in [-0.2, 0) is 16.1 Å². The number of likely N-dealkylation sites (N-methyl/N-ethyl adjacent to an activating group) is 1. The fourth-order valence-corrected chi connectivity index (χ4v) is 4.22. The molecule has 6 nitrogen and oxygen atoms in total. The van der Waals surface area contributed by atoms with Crippen LogP contribution in [0.25, 0.3) is 10.2 Å². The summed E-state index contributed by atoms with van der Waals surface area (Å²) in [6.45, 7) is 7.98. The molecule has 0 saturated carbocycles. The van der Waals surface area contributed by atoms with E-state index in [4.69, 9.17) is 4.74 Å². The van der Waals surface area contributed by atoms with Gasteiger partial charge in [0.05, 0.1) is 28.4 Å². The molecule has 2 aromatic heterocycles. The lowest BCUT2D eigenvalue weighted by Crippen LogP contribution is -2.33. The molecular formula is C21H25N3O3S. The molecule has 2 heterocycles. The Morgan fingerprint density at radius 3 is 2.68 bits per heavy atom. The van der Waals surface area contributed by atoms with E-state index in [-0.39, 0.29) is 24.5 Å². The first-order valence-corrected chi connectivity index (χ1v) is 10.1. The van der Waals surface area contributed by atoms with E-state index in [1.807, 2.05) is 49.6 Å². The van der Waals surface area contributed by atoms with Crippen molar-refractivity contribution < 1.29 is 14.3 Å².